The molecule has 0 N–H and O–H groups in total. The van der Waals surface area contributed by atoms with Crippen molar-refractivity contribution in [3.05, 3.63) is 65.6 Å². The first-order chi connectivity index (χ1) is 11.0. The number of oxazole rings is 1. The lowest BCUT2D eigenvalue weighted by Gasteiger charge is -2.07. The van der Waals surface area contributed by atoms with Crippen molar-refractivity contribution in [3.8, 4) is 5.69 Å². The maximum atomic E-state index is 13.0. The first-order valence-corrected chi connectivity index (χ1v) is 6.93. The maximum Gasteiger partial charge on any atom is 0.357 e. The number of ether oxygens (including phenoxy) is 1. The molecule has 0 atom stereocenters. The molecule has 0 fully saturated rings. The van der Waals surface area contributed by atoms with Gasteiger partial charge in [0.2, 0.25) is 5.89 Å². The molecule has 0 saturated carbocycles. The summed E-state index contributed by atoms with van der Waals surface area (Å²) in [6.45, 7) is 3.53. The van der Waals surface area contributed by atoms with Gasteiger partial charge in [0.15, 0.2) is 12.3 Å². The van der Waals surface area contributed by atoms with Crippen LogP contribution in [0.5, 0.6) is 0 Å². The third-order valence-electron chi connectivity index (χ3n) is 3.35. The van der Waals surface area contributed by atoms with E-state index in [2.05, 4.69) is 9.97 Å². The molecule has 0 radical (unpaired) electrons. The molecule has 118 valence electrons. The van der Waals surface area contributed by atoms with Gasteiger partial charge in [-0.15, -0.1) is 0 Å². The molecule has 6 nitrogen and oxygen atoms in total. The minimum Gasteiger partial charge on any atom is -0.451 e. The first-order valence-electron chi connectivity index (χ1n) is 6.93. The van der Waals surface area contributed by atoms with Crippen molar-refractivity contribution < 1.29 is 18.3 Å². The average molecular weight is 315 g/mol. The van der Waals surface area contributed by atoms with Crippen LogP contribution in [0.3, 0.4) is 0 Å². The molecular weight excluding hydrogens is 301 g/mol. The molecule has 0 bridgehead atoms. The monoisotopic (exact) mass is 315 g/mol. The molecule has 3 rings (SSSR count). The second-order valence-electron chi connectivity index (χ2n) is 4.95. The summed E-state index contributed by atoms with van der Waals surface area (Å²) in [5, 5.41) is 0. The van der Waals surface area contributed by atoms with E-state index in [0.29, 0.717) is 17.3 Å². The van der Waals surface area contributed by atoms with Crippen molar-refractivity contribution in [2.45, 2.75) is 20.5 Å². The number of hydrogen-bond donors (Lipinski definition) is 0. The number of halogens is 1. The molecule has 0 amide bonds. The molecule has 2 heterocycles. The number of carbonyl (C=O) groups excluding carboxylic acids is 1. The average Bonchev–Trinajstić information content (AvgIpc) is 3.13. The van der Waals surface area contributed by atoms with Crippen LogP contribution in [0, 0.1) is 19.7 Å². The highest BCUT2D eigenvalue weighted by Gasteiger charge is 2.16. The highest BCUT2D eigenvalue weighted by molar-refractivity contribution is 5.88. The largest absolute Gasteiger partial charge is 0.451 e. The summed E-state index contributed by atoms with van der Waals surface area (Å²) >= 11 is 0. The second-order valence-corrected chi connectivity index (χ2v) is 4.95. The van der Waals surface area contributed by atoms with Gasteiger partial charge >= 0.3 is 5.97 Å². The Bertz CT molecular complexity index is 817. The van der Waals surface area contributed by atoms with Crippen LogP contribution in [0.2, 0.25) is 0 Å². The number of aryl methyl sites for hydroxylation is 2. The van der Waals surface area contributed by atoms with Gasteiger partial charge in [-0.1, -0.05) is 0 Å². The van der Waals surface area contributed by atoms with Crippen molar-refractivity contribution in [1.29, 1.82) is 0 Å². The van der Waals surface area contributed by atoms with Gasteiger partial charge in [0.1, 0.15) is 11.6 Å². The molecule has 1 aromatic carbocycles. The summed E-state index contributed by atoms with van der Waals surface area (Å²) in [6, 6.07) is 5.72. The molecule has 0 saturated heterocycles. The molecule has 0 aliphatic heterocycles. The van der Waals surface area contributed by atoms with Gasteiger partial charge in [0.25, 0.3) is 0 Å². The zero-order valence-corrected chi connectivity index (χ0v) is 12.6. The Kier molecular flexibility index (Phi) is 3.92. The molecule has 23 heavy (non-hydrogen) atoms. The van der Waals surface area contributed by atoms with Crippen molar-refractivity contribution >= 4 is 5.97 Å². The number of esters is 1. The van der Waals surface area contributed by atoms with Crippen LogP contribution in [-0.4, -0.2) is 20.5 Å². The van der Waals surface area contributed by atoms with Gasteiger partial charge in [-0.05, 0) is 38.1 Å². The van der Waals surface area contributed by atoms with E-state index in [-0.39, 0.29) is 18.1 Å². The van der Waals surface area contributed by atoms with Crippen LogP contribution >= 0.6 is 0 Å². The van der Waals surface area contributed by atoms with E-state index in [1.54, 1.807) is 19.1 Å². The number of aromatic nitrogens is 3. The minimum absolute atomic E-state index is 0.0674. The lowest BCUT2D eigenvalue weighted by Crippen LogP contribution is -2.11. The van der Waals surface area contributed by atoms with Crippen LogP contribution in [0.1, 0.15) is 27.8 Å². The van der Waals surface area contributed by atoms with E-state index in [4.69, 9.17) is 9.15 Å². The molecule has 0 aliphatic carbocycles. The van der Waals surface area contributed by atoms with E-state index in [9.17, 15) is 9.18 Å². The lowest BCUT2D eigenvalue weighted by atomic mass is 10.3. The lowest BCUT2D eigenvalue weighted by molar-refractivity contribution is 0.0427. The summed E-state index contributed by atoms with van der Waals surface area (Å²) < 4.78 is 25.1. The quantitative estimate of drug-likeness (QED) is 0.692. The predicted molar refractivity (Wildman–Crippen MR) is 78.6 cm³/mol. The first kappa shape index (κ1) is 15.0. The van der Waals surface area contributed by atoms with Gasteiger partial charge in [-0.25, -0.2) is 19.2 Å². The van der Waals surface area contributed by atoms with Crippen LogP contribution in [0.25, 0.3) is 5.69 Å². The topological polar surface area (TPSA) is 70.2 Å². The third-order valence-corrected chi connectivity index (χ3v) is 3.35. The Hall–Kier alpha value is -2.96. The van der Waals surface area contributed by atoms with E-state index in [0.717, 1.165) is 5.69 Å². The highest BCUT2D eigenvalue weighted by Crippen LogP contribution is 2.14. The molecule has 0 aliphatic rings. The third kappa shape index (κ3) is 3.13. The van der Waals surface area contributed by atoms with E-state index < -0.39 is 5.97 Å². The Labute approximate surface area is 131 Å². The fraction of sp³-hybridized carbons (Fsp3) is 0.188. The Morgan fingerprint density at radius 1 is 1.30 bits per heavy atom. The highest BCUT2D eigenvalue weighted by atomic mass is 19.1. The van der Waals surface area contributed by atoms with Gasteiger partial charge in [0.05, 0.1) is 18.2 Å². The maximum absolute atomic E-state index is 13.0. The van der Waals surface area contributed by atoms with Gasteiger partial charge in [-0.2, -0.15) is 0 Å². The molecule has 0 unspecified atom stereocenters. The molecule has 7 heteroatoms. The smallest absolute Gasteiger partial charge is 0.357 e. The summed E-state index contributed by atoms with van der Waals surface area (Å²) in [5.41, 5.74) is 1.60. The van der Waals surface area contributed by atoms with E-state index >= 15 is 0 Å². The second kappa shape index (κ2) is 6.04. The standard InChI is InChI=1S/C16H14FN3O3/c1-10-11(2)23-15(19-10)8-22-16(21)14-7-18-9-20(14)13-5-3-12(17)4-6-13/h3-7,9H,8H2,1-2H3. The van der Waals surface area contributed by atoms with Crippen LogP contribution in [0.4, 0.5) is 4.39 Å². The van der Waals surface area contributed by atoms with Crippen LogP contribution in [-0.2, 0) is 11.3 Å². The van der Waals surface area contributed by atoms with Crippen molar-refractivity contribution in [2.24, 2.45) is 0 Å². The van der Waals surface area contributed by atoms with Gasteiger partial charge in [-0.3, -0.25) is 4.57 Å². The van der Waals surface area contributed by atoms with Gasteiger partial charge < -0.3 is 9.15 Å². The molecule has 0 spiro atoms. The molecular formula is C16H14FN3O3. The Morgan fingerprint density at radius 2 is 2.04 bits per heavy atom. The van der Waals surface area contributed by atoms with Crippen LogP contribution in [0.15, 0.2) is 41.2 Å². The summed E-state index contributed by atoms with van der Waals surface area (Å²) in [7, 11) is 0. The summed E-state index contributed by atoms with van der Waals surface area (Å²) in [6.07, 6.45) is 2.85. The fourth-order valence-corrected chi connectivity index (χ4v) is 2.06. The predicted octanol–water partition coefficient (Wildman–Crippen LogP) is 2.97. The Balaban J connectivity index is 1.75. The molecule has 2 aromatic heterocycles. The minimum atomic E-state index is -0.569. The number of benzene rings is 1. The molecule has 3 aromatic rings. The SMILES string of the molecule is Cc1nc(COC(=O)c2cncn2-c2ccc(F)cc2)oc1C. The number of hydrogen-bond acceptors (Lipinski definition) is 5. The zero-order chi connectivity index (χ0) is 16.4. The number of carbonyl (C=O) groups is 1. The Morgan fingerprint density at radius 3 is 2.70 bits per heavy atom. The van der Waals surface area contributed by atoms with E-state index in [1.165, 1.54) is 29.2 Å². The van der Waals surface area contributed by atoms with Crippen LogP contribution < -0.4 is 0 Å². The van der Waals surface area contributed by atoms with E-state index in [1.807, 2.05) is 6.92 Å². The number of imidazole rings is 1. The summed E-state index contributed by atoms with van der Waals surface area (Å²) in [4.78, 5) is 20.3. The van der Waals surface area contributed by atoms with Crippen molar-refractivity contribution in [3.63, 3.8) is 0 Å². The number of nitrogens with zero attached hydrogens (tertiary/aromatic N) is 3. The number of rotatable bonds is 4. The zero-order valence-electron chi connectivity index (χ0n) is 12.6. The van der Waals surface area contributed by atoms with Crippen molar-refractivity contribution in [2.75, 3.05) is 0 Å². The normalized spacial score (nSPS) is 10.7. The fourth-order valence-electron chi connectivity index (χ4n) is 2.06. The summed E-state index contributed by atoms with van der Waals surface area (Å²) in [5.74, 6) is 0.0987. The van der Waals surface area contributed by atoms with Crippen molar-refractivity contribution in [1.82, 2.24) is 14.5 Å². The van der Waals surface area contributed by atoms with Gasteiger partial charge in [0, 0.05) is 5.69 Å².